The molecule has 108 heavy (non-hydrogen) atoms. The number of ether oxygens (including phenoxy) is 4. The van der Waals surface area contributed by atoms with Gasteiger partial charge >= 0.3 is 39.5 Å². The average molecular weight is 1580 g/mol. The van der Waals surface area contributed by atoms with Crippen LogP contribution in [0.25, 0.3) is 0 Å². The number of aliphatic hydroxyl groups excluding tert-OH is 1. The van der Waals surface area contributed by atoms with Crippen LogP contribution in [0.15, 0.2) is 0 Å². The van der Waals surface area contributed by atoms with Crippen molar-refractivity contribution in [3.8, 4) is 0 Å². The highest BCUT2D eigenvalue weighted by atomic mass is 31.2. The number of phosphoric ester groups is 2. The molecule has 19 heteroatoms. The van der Waals surface area contributed by atoms with Gasteiger partial charge in [-0.05, 0) is 49.4 Å². The maximum Gasteiger partial charge on any atom is 0.472 e. The van der Waals surface area contributed by atoms with E-state index in [2.05, 4.69) is 55.4 Å². The molecular weight excluding hydrogens is 1400 g/mol. The summed E-state index contributed by atoms with van der Waals surface area (Å²) in [4.78, 5) is 73.3. The van der Waals surface area contributed by atoms with Crippen molar-refractivity contribution in [2.24, 2.45) is 23.7 Å². The highest BCUT2D eigenvalue weighted by Crippen LogP contribution is 2.45. The Morgan fingerprint density at radius 3 is 0.657 bits per heavy atom. The van der Waals surface area contributed by atoms with E-state index in [1.165, 1.54) is 263 Å². The topological polar surface area (TPSA) is 237 Å². The smallest absolute Gasteiger partial charge is 0.462 e. The van der Waals surface area contributed by atoms with E-state index < -0.39 is 97.5 Å². The van der Waals surface area contributed by atoms with Gasteiger partial charge in [0.15, 0.2) is 12.2 Å². The lowest BCUT2D eigenvalue weighted by Gasteiger charge is -2.21. The van der Waals surface area contributed by atoms with E-state index in [4.69, 9.17) is 37.0 Å². The molecule has 0 heterocycles. The number of phosphoric acid groups is 2. The quantitative estimate of drug-likeness (QED) is 0.0222. The fourth-order valence-corrected chi connectivity index (χ4v) is 15.4. The van der Waals surface area contributed by atoms with Crippen LogP contribution in [0.2, 0.25) is 0 Å². The Morgan fingerprint density at radius 2 is 0.444 bits per heavy atom. The Bertz CT molecular complexity index is 2100. The summed E-state index contributed by atoms with van der Waals surface area (Å²) in [6.45, 7) is 14.4. The third kappa shape index (κ3) is 79.3. The Hall–Kier alpha value is -1.94. The van der Waals surface area contributed by atoms with Gasteiger partial charge in [-0.1, -0.05) is 415 Å². The molecule has 17 nitrogen and oxygen atoms in total. The third-order valence-electron chi connectivity index (χ3n) is 21.5. The minimum atomic E-state index is -4.97. The second kappa shape index (κ2) is 77.6. The van der Waals surface area contributed by atoms with E-state index in [0.29, 0.717) is 31.6 Å². The summed E-state index contributed by atoms with van der Waals surface area (Å²) in [5.41, 5.74) is 0. The molecule has 0 radical (unpaired) electrons. The van der Waals surface area contributed by atoms with Crippen LogP contribution < -0.4 is 0 Å². The summed E-state index contributed by atoms with van der Waals surface area (Å²) in [7, 11) is -9.93. The maximum absolute atomic E-state index is 13.2. The predicted octanol–water partition coefficient (Wildman–Crippen LogP) is 27.1. The monoisotopic (exact) mass is 1580 g/mol. The molecule has 0 fully saturated rings. The molecule has 5 unspecified atom stereocenters. The lowest BCUT2D eigenvalue weighted by Crippen LogP contribution is -2.30. The first-order valence-corrected chi connectivity index (χ1v) is 48.8. The van der Waals surface area contributed by atoms with Crippen molar-refractivity contribution in [1.82, 2.24) is 0 Å². The number of esters is 4. The highest BCUT2D eigenvalue weighted by molar-refractivity contribution is 7.47. The van der Waals surface area contributed by atoms with Crippen LogP contribution in [0.3, 0.4) is 0 Å². The van der Waals surface area contributed by atoms with Gasteiger partial charge in [-0.2, -0.15) is 0 Å². The lowest BCUT2D eigenvalue weighted by atomic mass is 9.99. The van der Waals surface area contributed by atoms with E-state index in [1.807, 2.05) is 0 Å². The summed E-state index contributed by atoms with van der Waals surface area (Å²) in [6.07, 6.45) is 68.2. The number of hydrogen-bond acceptors (Lipinski definition) is 15. The molecule has 0 saturated heterocycles. The first-order valence-electron chi connectivity index (χ1n) is 45.8. The van der Waals surface area contributed by atoms with Gasteiger partial charge in [0, 0.05) is 25.7 Å². The highest BCUT2D eigenvalue weighted by Gasteiger charge is 2.31. The zero-order valence-electron chi connectivity index (χ0n) is 71.5. The molecule has 7 atom stereocenters. The Morgan fingerprint density at radius 1 is 0.259 bits per heavy atom. The van der Waals surface area contributed by atoms with Crippen molar-refractivity contribution >= 4 is 39.5 Å². The summed E-state index contributed by atoms with van der Waals surface area (Å²) in [5.74, 6) is 1.10. The standard InChI is InChI=1S/C89H174O17P2/c1-9-81(7)67-59-51-42-36-30-24-18-13-11-12-14-19-26-32-38-44-53-61-69-86(91)99-75-84(105-88(93)71-64-56-46-40-34-28-22-21-25-31-37-43-52-60-68-82(8)10-2)77-103-107(95,96)101-73-83(90)74-102-108(97,98)104-78-85(76-100-87(92)70-62-54-48-47-50-58-66-80(5)6)106-89(94)72-63-55-45-39-33-27-20-16-15-17-23-29-35-41-49-57-65-79(3)4/h79-85,90H,9-78H2,1-8H3,(H,95,96)(H,97,98)/t81?,82?,83?,84-,85-/m1/s1. The molecule has 0 aliphatic heterocycles. The summed E-state index contributed by atoms with van der Waals surface area (Å²) < 4.78 is 68.9. The lowest BCUT2D eigenvalue weighted by molar-refractivity contribution is -0.161. The van der Waals surface area contributed by atoms with E-state index >= 15 is 0 Å². The second-order valence-electron chi connectivity index (χ2n) is 33.4. The third-order valence-corrected chi connectivity index (χ3v) is 23.4. The summed E-state index contributed by atoms with van der Waals surface area (Å²) in [5, 5.41) is 10.7. The number of carbonyl (C=O) groups is 4. The zero-order valence-corrected chi connectivity index (χ0v) is 73.3. The fraction of sp³-hybridized carbons (Fsp3) is 0.955. The molecule has 0 aromatic heterocycles. The van der Waals surface area contributed by atoms with Crippen LogP contribution in [0, 0.1) is 23.7 Å². The number of rotatable bonds is 86. The minimum absolute atomic E-state index is 0.107. The predicted molar refractivity (Wildman–Crippen MR) is 446 cm³/mol. The SMILES string of the molecule is CCC(C)CCCCCCCCCCCCCCCCCCCCC(=O)OC[C@H](COP(=O)(O)OCC(O)COP(=O)(O)OC[C@@H](COC(=O)CCCCCCCCC(C)C)OC(=O)CCCCCCCCCCCCCCCCCCC(C)C)OC(=O)CCCCCCCCCCCCCCCCC(C)CC. The molecule has 642 valence electrons. The van der Waals surface area contributed by atoms with Gasteiger partial charge in [0.25, 0.3) is 0 Å². The minimum Gasteiger partial charge on any atom is -0.462 e. The van der Waals surface area contributed by atoms with Gasteiger partial charge in [0.2, 0.25) is 0 Å². The number of unbranched alkanes of at least 4 members (excludes halogenated alkanes) is 50. The van der Waals surface area contributed by atoms with Crippen molar-refractivity contribution in [3.63, 3.8) is 0 Å². The van der Waals surface area contributed by atoms with E-state index in [9.17, 15) is 43.2 Å². The molecule has 0 aliphatic rings. The molecule has 0 amide bonds. The van der Waals surface area contributed by atoms with Crippen LogP contribution in [0.5, 0.6) is 0 Å². The van der Waals surface area contributed by atoms with Crippen LogP contribution >= 0.6 is 15.6 Å². The van der Waals surface area contributed by atoms with Gasteiger partial charge in [-0.15, -0.1) is 0 Å². The van der Waals surface area contributed by atoms with Crippen molar-refractivity contribution in [2.45, 2.75) is 485 Å². The molecular formula is C89H174O17P2. The number of hydrogen-bond donors (Lipinski definition) is 3. The van der Waals surface area contributed by atoms with Crippen LogP contribution in [0.4, 0.5) is 0 Å². The normalized spacial score (nSPS) is 14.4. The summed E-state index contributed by atoms with van der Waals surface area (Å²) >= 11 is 0. The fourth-order valence-electron chi connectivity index (χ4n) is 13.8. The zero-order chi connectivity index (χ0) is 79.5. The Balaban J connectivity index is 5.20. The molecule has 0 saturated carbocycles. The van der Waals surface area contributed by atoms with Crippen molar-refractivity contribution in [2.75, 3.05) is 39.6 Å². The molecule has 3 N–H and O–H groups in total. The van der Waals surface area contributed by atoms with Crippen LogP contribution in [-0.2, 0) is 65.4 Å². The molecule has 0 bridgehead atoms. The Kier molecular flexibility index (Phi) is 76.2. The van der Waals surface area contributed by atoms with Gasteiger partial charge in [0.1, 0.15) is 19.3 Å². The molecule has 0 aromatic carbocycles. The van der Waals surface area contributed by atoms with E-state index in [1.54, 1.807) is 0 Å². The first kappa shape index (κ1) is 106. The van der Waals surface area contributed by atoms with Gasteiger partial charge in [-0.3, -0.25) is 37.3 Å². The van der Waals surface area contributed by atoms with E-state index in [0.717, 1.165) is 114 Å². The van der Waals surface area contributed by atoms with Crippen LogP contribution in [0.1, 0.15) is 466 Å². The van der Waals surface area contributed by atoms with Crippen molar-refractivity contribution in [3.05, 3.63) is 0 Å². The van der Waals surface area contributed by atoms with Gasteiger partial charge in [0.05, 0.1) is 26.4 Å². The number of carbonyl (C=O) groups excluding carboxylic acids is 4. The van der Waals surface area contributed by atoms with E-state index in [-0.39, 0.29) is 25.7 Å². The number of aliphatic hydroxyl groups is 1. The van der Waals surface area contributed by atoms with Crippen molar-refractivity contribution < 1.29 is 80.2 Å². The van der Waals surface area contributed by atoms with Gasteiger partial charge in [-0.25, -0.2) is 9.13 Å². The Labute approximate surface area is 664 Å². The molecule has 0 aliphatic carbocycles. The summed E-state index contributed by atoms with van der Waals surface area (Å²) in [6, 6.07) is 0. The van der Waals surface area contributed by atoms with Gasteiger partial charge < -0.3 is 33.8 Å². The molecule has 0 rings (SSSR count). The molecule has 0 aromatic rings. The second-order valence-corrected chi connectivity index (χ2v) is 36.3. The largest absolute Gasteiger partial charge is 0.472 e. The van der Waals surface area contributed by atoms with Crippen molar-refractivity contribution in [1.29, 1.82) is 0 Å². The maximum atomic E-state index is 13.2. The van der Waals surface area contributed by atoms with Crippen LogP contribution in [-0.4, -0.2) is 96.7 Å². The first-order chi connectivity index (χ1) is 52.2. The average Bonchev–Trinajstić information content (AvgIpc) is 0.897. The molecule has 0 spiro atoms.